The Morgan fingerprint density at radius 3 is 2.93 bits per heavy atom. The molecule has 2 aromatic heterocycles. The first kappa shape index (κ1) is 18.5. The van der Waals surface area contributed by atoms with E-state index in [1.54, 1.807) is 12.3 Å². The van der Waals surface area contributed by atoms with Gasteiger partial charge >= 0.3 is 6.03 Å². The van der Waals surface area contributed by atoms with Crippen LogP contribution >= 0.6 is 0 Å². The summed E-state index contributed by atoms with van der Waals surface area (Å²) in [6, 6.07) is 3.96. The highest BCUT2D eigenvalue weighted by molar-refractivity contribution is 5.89. The van der Waals surface area contributed by atoms with E-state index in [0.717, 1.165) is 31.6 Å². The zero-order chi connectivity index (χ0) is 19.7. The summed E-state index contributed by atoms with van der Waals surface area (Å²) in [6.45, 7) is 5.14. The summed E-state index contributed by atoms with van der Waals surface area (Å²) in [4.78, 5) is 12.4. The van der Waals surface area contributed by atoms with Crippen LogP contribution in [0.4, 0.5) is 14.9 Å². The molecule has 0 aliphatic carbocycles. The smallest absolute Gasteiger partial charge is 0.319 e. The van der Waals surface area contributed by atoms with Crippen LogP contribution in [0.5, 0.6) is 0 Å². The standard InChI is InChI=1S/C20H23FN4O3/c1-12-17-9-14(21)3-4-18(17)28-19(12)13(2)23-20(26)24-15-10-22-25(11-15)16-5-7-27-8-6-16/h3-4,9-11,13,16H,5-8H2,1-2H3,(H2,23,24,26)/t13-/m1/s1. The number of halogens is 1. The molecule has 0 saturated carbocycles. The van der Waals surface area contributed by atoms with E-state index in [2.05, 4.69) is 15.7 Å². The number of carbonyl (C=O) groups excluding carboxylic acids is 1. The first-order chi connectivity index (χ1) is 13.5. The molecule has 28 heavy (non-hydrogen) atoms. The number of fused-ring (bicyclic) bond motifs is 1. The van der Waals surface area contributed by atoms with Crippen LogP contribution in [-0.2, 0) is 4.74 Å². The molecule has 2 N–H and O–H groups in total. The SMILES string of the molecule is Cc1c([C@@H](C)NC(=O)Nc2cnn(C3CCOCC3)c2)oc2ccc(F)cc12. The topological polar surface area (TPSA) is 81.3 Å². The van der Waals surface area contributed by atoms with Crippen LogP contribution < -0.4 is 10.6 Å². The molecular formula is C20H23FN4O3. The highest BCUT2D eigenvalue weighted by atomic mass is 19.1. The van der Waals surface area contributed by atoms with E-state index in [-0.39, 0.29) is 17.9 Å². The van der Waals surface area contributed by atoms with E-state index in [1.165, 1.54) is 12.1 Å². The molecule has 7 nitrogen and oxygen atoms in total. The molecule has 4 rings (SSSR count). The Morgan fingerprint density at radius 1 is 1.36 bits per heavy atom. The van der Waals surface area contributed by atoms with Gasteiger partial charge in [0, 0.05) is 30.4 Å². The summed E-state index contributed by atoms with van der Waals surface area (Å²) in [5, 5.41) is 10.7. The number of urea groups is 1. The highest BCUT2D eigenvalue weighted by Gasteiger charge is 2.20. The van der Waals surface area contributed by atoms with Gasteiger partial charge < -0.3 is 19.8 Å². The summed E-state index contributed by atoms with van der Waals surface area (Å²) >= 11 is 0. The minimum Gasteiger partial charge on any atom is -0.459 e. The molecule has 3 aromatic rings. The second kappa shape index (κ2) is 7.63. The molecule has 1 fully saturated rings. The van der Waals surface area contributed by atoms with Crippen LogP contribution in [0.2, 0.25) is 0 Å². The number of nitrogens with zero attached hydrogens (tertiary/aromatic N) is 2. The minimum absolute atomic E-state index is 0.296. The van der Waals surface area contributed by atoms with Gasteiger partial charge in [-0.25, -0.2) is 9.18 Å². The van der Waals surface area contributed by atoms with Crippen LogP contribution in [0.25, 0.3) is 11.0 Å². The van der Waals surface area contributed by atoms with Gasteiger partial charge in [0.25, 0.3) is 0 Å². The minimum atomic E-state index is -0.374. The van der Waals surface area contributed by atoms with E-state index in [4.69, 9.17) is 9.15 Å². The largest absolute Gasteiger partial charge is 0.459 e. The Balaban J connectivity index is 1.41. The average molecular weight is 386 g/mol. The van der Waals surface area contributed by atoms with Gasteiger partial charge in [-0.3, -0.25) is 4.68 Å². The Labute approximate surface area is 161 Å². The molecule has 1 aliphatic heterocycles. The van der Waals surface area contributed by atoms with Crippen molar-refractivity contribution < 1.29 is 18.3 Å². The maximum Gasteiger partial charge on any atom is 0.319 e. The monoisotopic (exact) mass is 386 g/mol. The lowest BCUT2D eigenvalue weighted by molar-refractivity contribution is 0.0662. The van der Waals surface area contributed by atoms with Gasteiger partial charge in [0.1, 0.15) is 17.2 Å². The van der Waals surface area contributed by atoms with Gasteiger partial charge in [0.05, 0.1) is 24.0 Å². The number of amides is 2. The van der Waals surface area contributed by atoms with Crippen molar-refractivity contribution in [1.82, 2.24) is 15.1 Å². The number of ether oxygens (including phenoxy) is 1. The van der Waals surface area contributed by atoms with E-state index < -0.39 is 0 Å². The quantitative estimate of drug-likeness (QED) is 0.700. The number of carbonyl (C=O) groups is 1. The number of hydrogen-bond acceptors (Lipinski definition) is 4. The first-order valence-electron chi connectivity index (χ1n) is 9.39. The second-order valence-electron chi connectivity index (χ2n) is 7.10. The molecule has 0 bridgehead atoms. The zero-order valence-corrected chi connectivity index (χ0v) is 15.9. The van der Waals surface area contributed by atoms with Gasteiger partial charge in [-0.2, -0.15) is 5.10 Å². The maximum absolute atomic E-state index is 13.5. The molecule has 0 spiro atoms. The predicted octanol–water partition coefficient (Wildman–Crippen LogP) is 4.31. The molecule has 2 amide bonds. The van der Waals surface area contributed by atoms with Crippen molar-refractivity contribution in [2.45, 2.75) is 38.8 Å². The van der Waals surface area contributed by atoms with Crippen LogP contribution in [0.3, 0.4) is 0 Å². The number of aryl methyl sites for hydroxylation is 1. The van der Waals surface area contributed by atoms with E-state index in [1.807, 2.05) is 24.7 Å². The number of benzene rings is 1. The molecule has 148 valence electrons. The Kier molecular flexibility index (Phi) is 5.04. The van der Waals surface area contributed by atoms with Crippen LogP contribution in [-0.4, -0.2) is 29.0 Å². The number of anilines is 1. The lowest BCUT2D eigenvalue weighted by Gasteiger charge is -2.22. The van der Waals surface area contributed by atoms with Gasteiger partial charge in [-0.15, -0.1) is 0 Å². The van der Waals surface area contributed by atoms with Crippen molar-refractivity contribution in [3.05, 3.63) is 47.7 Å². The third kappa shape index (κ3) is 3.73. The lowest BCUT2D eigenvalue weighted by atomic mass is 10.1. The molecule has 0 radical (unpaired) electrons. The molecule has 0 unspecified atom stereocenters. The van der Waals surface area contributed by atoms with Gasteiger partial charge in [-0.05, 0) is 44.9 Å². The van der Waals surface area contributed by atoms with E-state index in [9.17, 15) is 9.18 Å². The van der Waals surface area contributed by atoms with Crippen LogP contribution in [0.1, 0.15) is 43.2 Å². The normalized spacial score (nSPS) is 16.2. The molecule has 1 aliphatic rings. The molecule has 3 heterocycles. The second-order valence-corrected chi connectivity index (χ2v) is 7.10. The number of aromatic nitrogens is 2. The molecule has 1 aromatic carbocycles. The third-order valence-corrected chi connectivity index (χ3v) is 5.10. The van der Waals surface area contributed by atoms with Crippen LogP contribution in [0.15, 0.2) is 35.0 Å². The maximum atomic E-state index is 13.5. The van der Waals surface area contributed by atoms with Crippen molar-refractivity contribution in [2.75, 3.05) is 18.5 Å². The Morgan fingerprint density at radius 2 is 2.14 bits per heavy atom. The molecule has 1 atom stereocenters. The Bertz CT molecular complexity index is 991. The fourth-order valence-corrected chi connectivity index (χ4v) is 3.61. The average Bonchev–Trinajstić information content (AvgIpc) is 3.27. The van der Waals surface area contributed by atoms with E-state index in [0.29, 0.717) is 28.5 Å². The van der Waals surface area contributed by atoms with Crippen molar-refractivity contribution >= 4 is 22.7 Å². The molecular weight excluding hydrogens is 363 g/mol. The van der Waals surface area contributed by atoms with Crippen molar-refractivity contribution in [1.29, 1.82) is 0 Å². The fourth-order valence-electron chi connectivity index (χ4n) is 3.61. The summed E-state index contributed by atoms with van der Waals surface area (Å²) in [5.74, 6) is 0.288. The van der Waals surface area contributed by atoms with Gasteiger partial charge in [0.15, 0.2) is 0 Å². The summed E-state index contributed by atoms with van der Waals surface area (Å²) in [6.07, 6.45) is 5.29. The first-order valence-corrected chi connectivity index (χ1v) is 9.39. The highest BCUT2D eigenvalue weighted by Crippen LogP contribution is 2.30. The summed E-state index contributed by atoms with van der Waals surface area (Å²) < 4.78 is 26.5. The van der Waals surface area contributed by atoms with Gasteiger partial charge in [-0.1, -0.05) is 0 Å². The Hall–Kier alpha value is -2.87. The summed E-state index contributed by atoms with van der Waals surface area (Å²) in [5.41, 5.74) is 2.04. The third-order valence-electron chi connectivity index (χ3n) is 5.10. The van der Waals surface area contributed by atoms with Crippen molar-refractivity contribution in [3.8, 4) is 0 Å². The summed E-state index contributed by atoms with van der Waals surface area (Å²) in [7, 11) is 0. The number of rotatable bonds is 4. The molecule has 8 heteroatoms. The van der Waals surface area contributed by atoms with Gasteiger partial charge in [0.2, 0.25) is 0 Å². The van der Waals surface area contributed by atoms with Crippen molar-refractivity contribution in [3.63, 3.8) is 0 Å². The predicted molar refractivity (Wildman–Crippen MR) is 103 cm³/mol. The molecule has 1 saturated heterocycles. The fraction of sp³-hybridized carbons (Fsp3) is 0.400. The lowest BCUT2D eigenvalue weighted by Crippen LogP contribution is -2.31. The van der Waals surface area contributed by atoms with Crippen LogP contribution in [0, 0.1) is 12.7 Å². The number of nitrogens with one attached hydrogen (secondary N) is 2. The zero-order valence-electron chi connectivity index (χ0n) is 15.9. The van der Waals surface area contributed by atoms with E-state index >= 15 is 0 Å². The van der Waals surface area contributed by atoms with Crippen molar-refractivity contribution in [2.24, 2.45) is 0 Å². The number of hydrogen-bond donors (Lipinski definition) is 2. The number of furan rings is 1.